The number of rotatable bonds is 8. The third kappa shape index (κ3) is 11.6. The first-order valence-electron chi connectivity index (χ1n) is 9.68. The molecule has 0 bridgehead atoms. The molecule has 0 radical (unpaired) electrons. The monoisotopic (exact) mass is 887 g/mol. The summed E-state index contributed by atoms with van der Waals surface area (Å²) in [6.45, 7) is 0. The summed E-state index contributed by atoms with van der Waals surface area (Å²) < 4.78 is 49.3. The predicted octanol–water partition coefficient (Wildman–Crippen LogP) is -3.35. The van der Waals surface area contributed by atoms with E-state index >= 15 is 0 Å². The number of phenols is 1. The van der Waals surface area contributed by atoms with Gasteiger partial charge in [0.15, 0.2) is 5.75 Å². The van der Waals surface area contributed by atoms with E-state index in [0.717, 1.165) is 6.07 Å². The zero-order chi connectivity index (χ0) is 28.6. The molecule has 1 heterocycles. The van der Waals surface area contributed by atoms with E-state index in [2.05, 4.69) is 39.9 Å². The minimum absolute atomic E-state index is 0. The van der Waals surface area contributed by atoms with Crippen molar-refractivity contribution in [2.45, 2.75) is 9.79 Å². The summed E-state index contributed by atoms with van der Waals surface area (Å²) in [7, 11) is -4.84. The third-order valence-corrected chi connectivity index (χ3v) is 6.27. The Kier molecular flexibility index (Phi) is 18.1. The van der Waals surface area contributed by atoms with Gasteiger partial charge >= 0.3 is 98.4 Å². The van der Waals surface area contributed by atoms with Crippen LogP contribution in [0.4, 0.5) is 25.9 Å². The maximum Gasteiger partial charge on any atom is 1.00 e. The molecule has 0 atom stereocenters. The van der Waals surface area contributed by atoms with E-state index in [0.29, 0.717) is 28.5 Å². The van der Waals surface area contributed by atoms with Crippen LogP contribution in [0.1, 0.15) is 0 Å². The van der Waals surface area contributed by atoms with Gasteiger partial charge < -0.3 is 20.2 Å². The molecule has 0 amide bonds. The molecular weight excluding hydrogens is 878 g/mol. The van der Waals surface area contributed by atoms with Crippen molar-refractivity contribution in [1.82, 2.24) is 15.0 Å². The van der Waals surface area contributed by atoms with E-state index in [1.807, 2.05) is 0 Å². The number of benzene rings is 3. The zero-order valence-electron chi connectivity index (χ0n) is 20.5. The quantitative estimate of drug-likeness (QED) is 0.0341. The number of halogens is 5. The van der Waals surface area contributed by atoms with Gasteiger partial charge in [0, 0.05) is 11.1 Å². The van der Waals surface area contributed by atoms with Gasteiger partial charge in [0.1, 0.15) is 21.5 Å². The molecule has 4 rings (SSSR count). The minimum atomic E-state index is -4.84. The Hall–Kier alpha value is 0.240. The maximum atomic E-state index is 11.5. The van der Waals surface area contributed by atoms with Crippen molar-refractivity contribution >= 4 is 97.8 Å². The van der Waals surface area contributed by atoms with Crippen LogP contribution in [0.5, 0.6) is 5.75 Å². The van der Waals surface area contributed by atoms with Crippen LogP contribution in [-0.4, -0.2) is 33.0 Å². The van der Waals surface area contributed by atoms with Gasteiger partial charge in [-0.2, -0.15) is 19.3 Å². The van der Waals surface area contributed by atoms with Gasteiger partial charge in [-0.15, -0.1) is 10.2 Å². The van der Waals surface area contributed by atoms with E-state index in [1.54, 1.807) is 30.7 Å². The van der Waals surface area contributed by atoms with Crippen LogP contribution < -0.4 is 87.5 Å². The molecule has 0 fully saturated rings. The Labute approximate surface area is 311 Å². The normalized spacial score (nSPS) is 11.0. The molecule has 0 aliphatic rings. The average Bonchev–Trinajstić information content (AvgIpc) is 2.86. The number of aromatic hydroxyl groups is 1. The molecule has 1 aromatic heterocycles. The van der Waals surface area contributed by atoms with Crippen molar-refractivity contribution in [3.63, 3.8) is 0 Å². The largest absolute Gasteiger partial charge is 1.00 e. The fourth-order valence-electron chi connectivity index (χ4n) is 3.01. The molecule has 0 saturated carbocycles. The number of fused-ring (bicyclic) bond motifs is 1. The Morgan fingerprint density at radius 2 is 1.71 bits per heavy atom. The van der Waals surface area contributed by atoms with E-state index < -0.39 is 32.8 Å². The number of nitrogens with zero attached hydrogens (tertiary/aromatic N) is 5. The molecule has 4 aromatic rings. The van der Waals surface area contributed by atoms with E-state index in [-0.39, 0.29) is 97.6 Å². The van der Waals surface area contributed by atoms with Gasteiger partial charge in [-0.05, 0) is 65.0 Å². The van der Waals surface area contributed by atoms with Crippen molar-refractivity contribution in [3.8, 4) is 5.75 Å². The van der Waals surface area contributed by atoms with Crippen molar-refractivity contribution in [3.05, 3.63) is 59.1 Å². The predicted molar refractivity (Wildman–Crippen MR) is 140 cm³/mol. The first-order chi connectivity index (χ1) is 18.6. The zero-order valence-corrected chi connectivity index (χ0v) is 31.9. The molecule has 22 heteroatoms. The summed E-state index contributed by atoms with van der Waals surface area (Å²) in [6.07, 6.45) is 0. The summed E-state index contributed by atoms with van der Waals surface area (Å²) in [5.74, 6) is -0.313. The second-order valence-corrected chi connectivity index (χ2v) is 11.9. The summed E-state index contributed by atoms with van der Waals surface area (Å²) in [4.78, 5) is 10.9. The second-order valence-electron chi connectivity index (χ2n) is 6.73. The number of hydrogen-bond donors (Lipinski definition) is 2. The smallest absolute Gasteiger partial charge is 0.744 e. The van der Waals surface area contributed by atoms with Crippen molar-refractivity contribution in [2.24, 2.45) is 10.2 Å². The van der Waals surface area contributed by atoms with Crippen LogP contribution in [0.2, 0.25) is 10.6 Å². The van der Waals surface area contributed by atoms with Crippen molar-refractivity contribution < 1.29 is 112 Å². The average molecular weight is 888 g/mol. The Morgan fingerprint density at radius 3 is 2.32 bits per heavy atom. The number of nitrogens with one attached hydrogen (secondary N) is 1. The summed E-state index contributed by atoms with van der Waals surface area (Å²) in [6, 6.07) is 11.3. The number of hydrogen-bond acceptors (Lipinski definition) is 14. The van der Waals surface area contributed by atoms with Crippen LogP contribution in [0.3, 0.4) is 0 Å². The maximum absolute atomic E-state index is 11.5. The SMILES string of the molecule is F[I-]I.O=S(=O)([O-])c1ccccc1N=Nc1c(SOO[O-])cc2cc(Nc3nc(Cl)nc(Cl)n3)ccc2c1O.[Na+].[Na+]. The molecule has 0 spiro atoms. The van der Waals surface area contributed by atoms with E-state index in [1.165, 1.54) is 30.3 Å². The molecule has 0 aliphatic carbocycles. The summed E-state index contributed by atoms with van der Waals surface area (Å²) in [5, 5.41) is 35.8. The Balaban J connectivity index is 0.00000161. The molecule has 0 aliphatic heterocycles. The van der Waals surface area contributed by atoms with Gasteiger partial charge in [-0.1, -0.05) is 12.1 Å². The van der Waals surface area contributed by atoms with Crippen LogP contribution in [0.15, 0.2) is 68.6 Å². The van der Waals surface area contributed by atoms with Gasteiger partial charge in [0.25, 0.3) is 0 Å². The Bertz CT molecular complexity index is 1620. The first-order valence-corrected chi connectivity index (χ1v) is 19.7. The van der Waals surface area contributed by atoms with E-state index in [9.17, 15) is 26.2 Å². The fraction of sp³-hybridized carbons (Fsp3) is 0. The van der Waals surface area contributed by atoms with Gasteiger partial charge in [0.2, 0.25) is 16.5 Å². The minimum Gasteiger partial charge on any atom is -0.744 e. The number of phenolic OH excluding ortho intramolecular Hbond substituents is 1. The van der Waals surface area contributed by atoms with E-state index in [4.69, 9.17) is 23.2 Å². The standard InChI is InChI=1S/C19H12Cl2N6O7S2.FI2.2Na/c20-17-23-18(21)25-19(24-17)22-10-5-6-11-9(7-10)8-13(35-34-33-29)15(16(11)28)27-26-12-3-1-2-4-14(12)36(30,31)32;1-3-2;;/h1-8,28-29H,(H,30,31,32)(H,22,23,24,25);;;/q;-1;2*+1/p-2. The fourth-order valence-corrected chi connectivity index (χ4v) is 4.47. The summed E-state index contributed by atoms with van der Waals surface area (Å²) in [5.41, 5.74) is 0.0404. The third-order valence-electron chi connectivity index (χ3n) is 4.43. The van der Waals surface area contributed by atoms with Crippen LogP contribution >= 0.6 is 53.9 Å². The number of aromatic nitrogens is 3. The second kappa shape index (κ2) is 18.9. The number of azo groups is 1. The molecule has 208 valence electrons. The molecule has 2 N–H and O–H groups in total. The molecular formula is C19H10Cl2FI2N6Na2O7S2-. The van der Waals surface area contributed by atoms with Gasteiger partial charge in [-0.25, -0.2) is 8.42 Å². The van der Waals surface area contributed by atoms with Crippen molar-refractivity contribution in [2.75, 3.05) is 5.32 Å². The first kappa shape index (κ1) is 39.3. The topological polar surface area (TPSA) is 194 Å². The summed E-state index contributed by atoms with van der Waals surface area (Å²) >= 11 is 12.8. The van der Waals surface area contributed by atoms with Crippen LogP contribution in [0.25, 0.3) is 10.8 Å². The number of anilines is 2. The molecule has 13 nitrogen and oxygen atoms in total. The van der Waals surface area contributed by atoms with Gasteiger partial charge in [0.05, 0.1) is 21.8 Å². The molecule has 0 unspecified atom stereocenters. The molecule has 0 saturated heterocycles. The van der Waals surface area contributed by atoms with Crippen molar-refractivity contribution in [1.29, 1.82) is 0 Å². The Morgan fingerprint density at radius 1 is 1.07 bits per heavy atom. The molecule has 3 aromatic carbocycles. The van der Waals surface area contributed by atoms with Crippen LogP contribution in [-0.2, 0) is 19.5 Å². The van der Waals surface area contributed by atoms with Gasteiger partial charge in [-0.3, -0.25) is 5.04 Å². The van der Waals surface area contributed by atoms with Crippen LogP contribution in [0, 0.1) is 0 Å². The molecule has 41 heavy (non-hydrogen) atoms.